The Bertz CT molecular complexity index is 1040. The lowest BCUT2D eigenvalue weighted by Crippen LogP contribution is -2.28. The molecule has 0 bridgehead atoms. The molecule has 0 fully saturated rings. The van der Waals surface area contributed by atoms with Crippen molar-refractivity contribution in [3.63, 3.8) is 0 Å². The number of fused-ring (bicyclic) bond motifs is 1. The van der Waals surface area contributed by atoms with Gasteiger partial charge >= 0.3 is 0 Å². The minimum absolute atomic E-state index is 0.197. The third-order valence-corrected chi connectivity index (χ3v) is 5.72. The SMILES string of the molecule is CS(=O)(=O)c1ccccc1-c1ccc(N2C=C3NNC=C3CC2)c(F)c1. The van der Waals surface area contributed by atoms with Gasteiger partial charge in [0, 0.05) is 30.8 Å². The van der Waals surface area contributed by atoms with Crippen LogP contribution in [0.5, 0.6) is 0 Å². The number of halogens is 1. The summed E-state index contributed by atoms with van der Waals surface area (Å²) in [6, 6.07) is 11.5. The van der Waals surface area contributed by atoms with E-state index in [1.54, 1.807) is 30.3 Å². The summed E-state index contributed by atoms with van der Waals surface area (Å²) in [5.74, 6) is -0.388. The van der Waals surface area contributed by atoms with E-state index in [4.69, 9.17) is 0 Å². The van der Waals surface area contributed by atoms with Crippen LogP contribution in [0, 0.1) is 5.82 Å². The molecule has 5 nitrogen and oxygen atoms in total. The smallest absolute Gasteiger partial charge is 0.176 e. The summed E-state index contributed by atoms with van der Waals surface area (Å²) < 4.78 is 38.8. The number of nitrogens with zero attached hydrogens (tertiary/aromatic N) is 1. The van der Waals surface area contributed by atoms with Crippen molar-refractivity contribution in [3.8, 4) is 11.1 Å². The van der Waals surface area contributed by atoms with Crippen LogP contribution in [0.2, 0.25) is 0 Å². The number of nitrogens with one attached hydrogen (secondary N) is 2. The van der Waals surface area contributed by atoms with E-state index in [1.165, 1.54) is 17.7 Å². The average Bonchev–Trinajstić information content (AvgIpc) is 3.08. The highest BCUT2D eigenvalue weighted by atomic mass is 32.2. The fraction of sp³-hybridized carbons (Fsp3) is 0.158. The molecular formula is C19H18FN3O2S. The summed E-state index contributed by atoms with van der Waals surface area (Å²) in [6.45, 7) is 0.675. The van der Waals surface area contributed by atoms with Gasteiger partial charge in [-0.3, -0.25) is 5.43 Å². The van der Waals surface area contributed by atoms with E-state index >= 15 is 0 Å². The summed E-state index contributed by atoms with van der Waals surface area (Å²) >= 11 is 0. The van der Waals surface area contributed by atoms with Crippen molar-refractivity contribution >= 4 is 15.5 Å². The first-order valence-corrected chi connectivity index (χ1v) is 10.1. The second kappa shape index (κ2) is 6.17. The second-order valence-electron chi connectivity index (χ2n) is 6.36. The van der Waals surface area contributed by atoms with Crippen LogP contribution in [0.15, 0.2) is 71.0 Å². The van der Waals surface area contributed by atoms with Crippen molar-refractivity contribution in [1.29, 1.82) is 0 Å². The molecule has 0 aliphatic carbocycles. The molecule has 0 saturated carbocycles. The van der Waals surface area contributed by atoms with E-state index < -0.39 is 9.84 Å². The molecule has 0 atom stereocenters. The number of hydrogen-bond donors (Lipinski definition) is 2. The van der Waals surface area contributed by atoms with Gasteiger partial charge in [0.15, 0.2) is 9.84 Å². The third kappa shape index (κ3) is 2.94. The van der Waals surface area contributed by atoms with Crippen LogP contribution in [-0.4, -0.2) is 21.2 Å². The Labute approximate surface area is 151 Å². The van der Waals surface area contributed by atoms with Crippen LogP contribution in [0.3, 0.4) is 0 Å². The first-order chi connectivity index (χ1) is 12.4. The van der Waals surface area contributed by atoms with Crippen molar-refractivity contribution in [2.24, 2.45) is 0 Å². The van der Waals surface area contributed by atoms with E-state index in [1.807, 2.05) is 17.3 Å². The van der Waals surface area contributed by atoms with Crippen molar-refractivity contribution in [2.75, 3.05) is 17.7 Å². The largest absolute Gasteiger partial charge is 0.343 e. The maximum atomic E-state index is 14.8. The Morgan fingerprint density at radius 1 is 1.15 bits per heavy atom. The molecular weight excluding hydrogens is 353 g/mol. The van der Waals surface area contributed by atoms with Gasteiger partial charge in [-0.1, -0.05) is 24.3 Å². The minimum Gasteiger partial charge on any atom is -0.343 e. The zero-order chi connectivity index (χ0) is 18.3. The summed E-state index contributed by atoms with van der Waals surface area (Å²) in [4.78, 5) is 2.05. The number of rotatable bonds is 3. The molecule has 4 rings (SSSR count). The van der Waals surface area contributed by atoms with Crippen LogP contribution in [0.1, 0.15) is 6.42 Å². The van der Waals surface area contributed by atoms with Crippen LogP contribution in [-0.2, 0) is 9.84 Å². The highest BCUT2D eigenvalue weighted by molar-refractivity contribution is 7.90. The lowest BCUT2D eigenvalue weighted by molar-refractivity contribution is 0.602. The first-order valence-electron chi connectivity index (χ1n) is 8.22. The van der Waals surface area contributed by atoms with E-state index in [-0.39, 0.29) is 10.7 Å². The molecule has 2 aliphatic rings. The standard InChI is InChI=1S/C19H18FN3O2S/c1-26(24,25)19-5-3-2-4-15(19)13-6-7-18(16(20)10-13)23-9-8-14-11-21-22-17(14)12-23/h2-7,10-12,21-22H,8-9H2,1H3. The zero-order valence-electron chi connectivity index (χ0n) is 14.2. The Balaban J connectivity index is 1.72. The molecule has 0 spiro atoms. The van der Waals surface area contributed by atoms with Gasteiger partial charge in [-0.2, -0.15) is 0 Å². The number of allylic oxidation sites excluding steroid dienone is 1. The van der Waals surface area contributed by atoms with E-state index in [0.29, 0.717) is 23.4 Å². The first kappa shape index (κ1) is 16.7. The summed E-state index contributed by atoms with van der Waals surface area (Å²) in [6.07, 6.45) is 5.75. The molecule has 2 aromatic carbocycles. The van der Waals surface area contributed by atoms with Crippen molar-refractivity contribution in [1.82, 2.24) is 10.9 Å². The lowest BCUT2D eigenvalue weighted by Gasteiger charge is -2.27. The molecule has 2 heterocycles. The normalized spacial score (nSPS) is 16.3. The number of hydrogen-bond acceptors (Lipinski definition) is 5. The van der Waals surface area contributed by atoms with E-state index in [0.717, 1.165) is 18.4 Å². The fourth-order valence-corrected chi connectivity index (χ4v) is 4.18. The van der Waals surface area contributed by atoms with Crippen molar-refractivity contribution in [3.05, 3.63) is 72.0 Å². The molecule has 134 valence electrons. The van der Waals surface area contributed by atoms with Crippen molar-refractivity contribution < 1.29 is 12.8 Å². The molecule has 26 heavy (non-hydrogen) atoms. The van der Waals surface area contributed by atoms with Crippen LogP contribution >= 0.6 is 0 Å². The molecule has 0 radical (unpaired) electrons. The lowest BCUT2D eigenvalue weighted by atomic mass is 10.0. The van der Waals surface area contributed by atoms with Crippen LogP contribution in [0.25, 0.3) is 11.1 Å². The molecule has 0 unspecified atom stereocenters. The van der Waals surface area contributed by atoms with Gasteiger partial charge in [0.1, 0.15) is 5.82 Å². The van der Waals surface area contributed by atoms with Gasteiger partial charge < -0.3 is 10.3 Å². The molecule has 0 amide bonds. The summed E-state index contributed by atoms with van der Waals surface area (Å²) in [5.41, 5.74) is 9.58. The number of sulfone groups is 1. The van der Waals surface area contributed by atoms with Gasteiger partial charge in [-0.15, -0.1) is 0 Å². The zero-order valence-corrected chi connectivity index (χ0v) is 15.0. The molecule has 2 N–H and O–H groups in total. The van der Waals surface area contributed by atoms with Gasteiger partial charge in [-0.25, -0.2) is 12.8 Å². The molecule has 2 aromatic rings. The van der Waals surface area contributed by atoms with Gasteiger partial charge in [0.05, 0.1) is 16.3 Å². The summed E-state index contributed by atoms with van der Waals surface area (Å²) in [7, 11) is -3.40. The highest BCUT2D eigenvalue weighted by Crippen LogP contribution is 2.33. The molecule has 2 aliphatic heterocycles. The quantitative estimate of drug-likeness (QED) is 0.869. The Kier molecular flexibility index (Phi) is 3.96. The van der Waals surface area contributed by atoms with E-state index in [9.17, 15) is 12.8 Å². The van der Waals surface area contributed by atoms with Crippen LogP contribution in [0.4, 0.5) is 10.1 Å². The monoisotopic (exact) mass is 371 g/mol. The fourth-order valence-electron chi connectivity index (χ4n) is 3.27. The number of anilines is 1. The maximum Gasteiger partial charge on any atom is 0.176 e. The molecule has 0 aromatic heterocycles. The molecule has 7 heteroatoms. The predicted molar refractivity (Wildman–Crippen MR) is 99.3 cm³/mol. The Morgan fingerprint density at radius 2 is 1.96 bits per heavy atom. The maximum absolute atomic E-state index is 14.8. The average molecular weight is 371 g/mol. The van der Waals surface area contributed by atoms with Gasteiger partial charge in [0.25, 0.3) is 0 Å². The summed E-state index contributed by atoms with van der Waals surface area (Å²) in [5, 5.41) is 0. The van der Waals surface area contributed by atoms with Gasteiger partial charge in [-0.05, 0) is 35.8 Å². The number of benzene rings is 2. The van der Waals surface area contributed by atoms with Crippen LogP contribution < -0.4 is 15.8 Å². The third-order valence-electron chi connectivity index (χ3n) is 4.56. The minimum atomic E-state index is -3.40. The Morgan fingerprint density at radius 3 is 2.73 bits per heavy atom. The predicted octanol–water partition coefficient (Wildman–Crippen LogP) is 2.94. The number of hydrazine groups is 1. The second-order valence-corrected chi connectivity index (χ2v) is 8.34. The topological polar surface area (TPSA) is 61.4 Å². The van der Waals surface area contributed by atoms with Crippen molar-refractivity contribution in [2.45, 2.75) is 11.3 Å². The Hall–Kier alpha value is -2.80. The highest BCUT2D eigenvalue weighted by Gasteiger charge is 2.22. The molecule has 0 saturated heterocycles. The van der Waals surface area contributed by atoms with E-state index in [2.05, 4.69) is 10.9 Å². The van der Waals surface area contributed by atoms with Gasteiger partial charge in [0.2, 0.25) is 0 Å².